The number of anilines is 2. The Morgan fingerprint density at radius 2 is 1.82 bits per heavy atom. The lowest BCUT2D eigenvalue weighted by atomic mass is 10.1. The minimum Gasteiger partial charge on any atom is -0.495 e. The Morgan fingerprint density at radius 1 is 1.06 bits per heavy atom. The van der Waals surface area contributed by atoms with E-state index in [-0.39, 0.29) is 6.17 Å². The van der Waals surface area contributed by atoms with Crippen LogP contribution in [-0.4, -0.2) is 48.6 Å². The van der Waals surface area contributed by atoms with Gasteiger partial charge in [0.05, 0.1) is 29.4 Å². The lowest BCUT2D eigenvalue weighted by molar-refractivity contribution is 0.413. The fourth-order valence-corrected chi connectivity index (χ4v) is 4.73. The summed E-state index contributed by atoms with van der Waals surface area (Å²) in [4.78, 5) is 8.40. The summed E-state index contributed by atoms with van der Waals surface area (Å²) in [6, 6.07) is 12.2. The Hall–Kier alpha value is -4.34. The Labute approximate surface area is 195 Å². The van der Waals surface area contributed by atoms with Crippen molar-refractivity contribution >= 4 is 39.3 Å². The van der Waals surface area contributed by atoms with Crippen LogP contribution in [0.25, 0.3) is 27.5 Å². The van der Waals surface area contributed by atoms with Gasteiger partial charge in [0, 0.05) is 17.8 Å². The molecule has 0 saturated heterocycles. The number of para-hydroxylation sites is 1. The molecule has 1 aliphatic rings. The molecule has 0 saturated carbocycles. The monoisotopic (exact) mass is 455 g/mol. The molecule has 0 bridgehead atoms. The zero-order valence-electron chi connectivity index (χ0n) is 19.6. The first-order valence-corrected chi connectivity index (χ1v) is 11.1. The van der Waals surface area contributed by atoms with Gasteiger partial charge < -0.3 is 20.4 Å². The summed E-state index contributed by atoms with van der Waals surface area (Å²) >= 11 is 0. The van der Waals surface area contributed by atoms with Gasteiger partial charge in [0.25, 0.3) is 0 Å². The first-order valence-electron chi connectivity index (χ1n) is 11.1. The standard InChI is InChI=1S/C24H25N9O/c1-12-25-23-21(24(26-12)28-22-15-8-6-7-9-18(15)32(4)31-22)16-10-20(34-5)19(11-17(16)27-23)33-13(2)29-30-14(33)3/h6-12,25,27H,1-5H3,(H,26,28,31). The van der Waals surface area contributed by atoms with E-state index in [2.05, 4.69) is 44.0 Å². The predicted octanol–water partition coefficient (Wildman–Crippen LogP) is 3.89. The first-order chi connectivity index (χ1) is 16.4. The van der Waals surface area contributed by atoms with E-state index in [9.17, 15) is 0 Å². The quantitative estimate of drug-likeness (QED) is 0.381. The summed E-state index contributed by atoms with van der Waals surface area (Å²) in [5, 5.41) is 22.1. The number of methoxy groups -OCH3 is 1. The summed E-state index contributed by atoms with van der Waals surface area (Å²) in [5.41, 5.74) is 3.83. The van der Waals surface area contributed by atoms with E-state index in [1.807, 2.05) is 55.3 Å². The number of nitrogens with zero attached hydrogens (tertiary/aromatic N) is 6. The average Bonchev–Trinajstić information content (AvgIpc) is 3.45. The molecule has 172 valence electrons. The van der Waals surface area contributed by atoms with Crippen LogP contribution in [0.3, 0.4) is 0 Å². The smallest absolute Gasteiger partial charge is 0.161 e. The molecular formula is C24H25N9O. The third-order valence-corrected chi connectivity index (χ3v) is 6.23. The number of ether oxygens (including phenoxy) is 1. The van der Waals surface area contributed by atoms with Gasteiger partial charge >= 0.3 is 0 Å². The fourth-order valence-electron chi connectivity index (χ4n) is 4.73. The summed E-state index contributed by atoms with van der Waals surface area (Å²) in [5.74, 6) is 4.74. The number of aryl methyl sites for hydroxylation is 3. The molecule has 1 aliphatic heterocycles. The molecule has 0 spiro atoms. The van der Waals surface area contributed by atoms with Gasteiger partial charge in [0.15, 0.2) is 5.82 Å². The summed E-state index contributed by atoms with van der Waals surface area (Å²) in [7, 11) is 3.62. The van der Waals surface area contributed by atoms with Crippen LogP contribution in [0, 0.1) is 13.8 Å². The number of amidine groups is 1. The highest BCUT2D eigenvalue weighted by Crippen LogP contribution is 2.37. The van der Waals surface area contributed by atoms with Crippen LogP contribution in [0.2, 0.25) is 0 Å². The second-order valence-corrected chi connectivity index (χ2v) is 8.49. The predicted molar refractivity (Wildman–Crippen MR) is 133 cm³/mol. The maximum atomic E-state index is 5.80. The molecule has 0 fully saturated rings. The molecule has 0 radical (unpaired) electrons. The largest absolute Gasteiger partial charge is 0.495 e. The van der Waals surface area contributed by atoms with Crippen molar-refractivity contribution in [2.24, 2.45) is 12.0 Å². The molecule has 10 nitrogen and oxygen atoms in total. The van der Waals surface area contributed by atoms with E-state index in [1.54, 1.807) is 7.11 Å². The average molecular weight is 456 g/mol. The molecule has 34 heavy (non-hydrogen) atoms. The molecule has 0 amide bonds. The lowest BCUT2D eigenvalue weighted by Crippen LogP contribution is -2.27. The van der Waals surface area contributed by atoms with Crippen LogP contribution >= 0.6 is 0 Å². The molecule has 0 aliphatic carbocycles. The van der Waals surface area contributed by atoms with Gasteiger partial charge in [-0.15, -0.1) is 10.2 Å². The van der Waals surface area contributed by atoms with Crippen LogP contribution in [-0.2, 0) is 7.05 Å². The minimum absolute atomic E-state index is 0.109. The van der Waals surface area contributed by atoms with Crippen molar-refractivity contribution in [3.8, 4) is 11.4 Å². The highest BCUT2D eigenvalue weighted by molar-refractivity contribution is 6.21. The van der Waals surface area contributed by atoms with Crippen LogP contribution in [0.4, 0.5) is 11.6 Å². The third kappa shape index (κ3) is 2.95. The number of hydrogen-bond acceptors (Lipinski definition) is 7. The number of aromatic nitrogens is 6. The van der Waals surface area contributed by atoms with E-state index in [1.165, 1.54) is 0 Å². The number of benzene rings is 2. The molecule has 3 aromatic heterocycles. The number of nitrogens with one attached hydrogen (secondary N) is 3. The zero-order chi connectivity index (χ0) is 23.6. The summed E-state index contributed by atoms with van der Waals surface area (Å²) in [6.45, 7) is 5.87. The van der Waals surface area contributed by atoms with Crippen LogP contribution in [0.15, 0.2) is 41.4 Å². The van der Waals surface area contributed by atoms with Gasteiger partial charge in [-0.1, -0.05) is 12.1 Å². The SMILES string of the molecule is COc1cc2c3c([nH]c2cc1-n1c(C)nnc1C)NC(C)N=C3Nc1nn(C)c2ccccc12. The van der Waals surface area contributed by atoms with Crippen molar-refractivity contribution in [2.45, 2.75) is 26.9 Å². The molecule has 4 heterocycles. The van der Waals surface area contributed by atoms with Crippen molar-refractivity contribution < 1.29 is 4.74 Å². The van der Waals surface area contributed by atoms with E-state index in [0.29, 0.717) is 0 Å². The van der Waals surface area contributed by atoms with Crippen LogP contribution in [0.5, 0.6) is 5.75 Å². The number of fused-ring (bicyclic) bond motifs is 4. The molecule has 10 heteroatoms. The van der Waals surface area contributed by atoms with Crippen molar-refractivity contribution in [3.63, 3.8) is 0 Å². The molecule has 6 rings (SSSR count). The number of aliphatic imine (C=N–C) groups is 1. The summed E-state index contributed by atoms with van der Waals surface area (Å²) < 4.78 is 9.66. The molecular weight excluding hydrogens is 430 g/mol. The van der Waals surface area contributed by atoms with E-state index < -0.39 is 0 Å². The second kappa shape index (κ2) is 7.34. The number of H-pyrrole nitrogens is 1. The molecule has 3 N–H and O–H groups in total. The second-order valence-electron chi connectivity index (χ2n) is 8.49. The third-order valence-electron chi connectivity index (χ3n) is 6.23. The van der Waals surface area contributed by atoms with Gasteiger partial charge in [-0.3, -0.25) is 9.25 Å². The minimum atomic E-state index is -0.109. The van der Waals surface area contributed by atoms with E-state index in [4.69, 9.17) is 14.8 Å². The highest BCUT2D eigenvalue weighted by Gasteiger charge is 2.26. The number of hydrogen-bond donors (Lipinski definition) is 3. The first kappa shape index (κ1) is 20.3. The maximum Gasteiger partial charge on any atom is 0.161 e. The topological polar surface area (TPSA) is 110 Å². The van der Waals surface area contributed by atoms with E-state index >= 15 is 0 Å². The Bertz CT molecular complexity index is 1580. The molecule has 2 aromatic carbocycles. The Kier molecular flexibility index (Phi) is 4.38. The van der Waals surface area contributed by atoms with E-state index in [0.717, 1.165) is 67.9 Å². The van der Waals surface area contributed by atoms with Gasteiger partial charge in [-0.05, 0) is 45.0 Å². The van der Waals surface area contributed by atoms with Crippen molar-refractivity contribution in [1.29, 1.82) is 0 Å². The molecule has 1 unspecified atom stereocenters. The van der Waals surface area contributed by atoms with Crippen molar-refractivity contribution in [2.75, 3.05) is 17.7 Å². The maximum absolute atomic E-state index is 5.80. The fraction of sp³-hybridized carbons (Fsp3) is 0.250. The van der Waals surface area contributed by atoms with Crippen molar-refractivity contribution in [1.82, 2.24) is 29.5 Å². The molecule has 1 atom stereocenters. The Morgan fingerprint density at radius 3 is 2.59 bits per heavy atom. The number of rotatable bonds is 3. The zero-order valence-corrected chi connectivity index (χ0v) is 19.6. The van der Waals surface area contributed by atoms with Gasteiger partial charge in [-0.2, -0.15) is 5.10 Å². The molecule has 5 aromatic rings. The van der Waals surface area contributed by atoms with Gasteiger partial charge in [0.1, 0.15) is 35.2 Å². The van der Waals surface area contributed by atoms with Crippen LogP contribution in [0.1, 0.15) is 24.1 Å². The Balaban J connectivity index is 1.52. The number of aromatic amines is 1. The highest BCUT2D eigenvalue weighted by atomic mass is 16.5. The van der Waals surface area contributed by atoms with Gasteiger partial charge in [0.2, 0.25) is 0 Å². The van der Waals surface area contributed by atoms with Crippen molar-refractivity contribution in [3.05, 3.63) is 53.6 Å². The summed E-state index contributed by atoms with van der Waals surface area (Å²) in [6.07, 6.45) is -0.109. The lowest BCUT2D eigenvalue weighted by Gasteiger charge is -2.21. The van der Waals surface area contributed by atoms with Gasteiger partial charge in [-0.25, -0.2) is 4.99 Å². The normalized spacial score (nSPS) is 15.3. The van der Waals surface area contributed by atoms with Crippen LogP contribution < -0.4 is 15.4 Å².